The molecule has 130 valence electrons. The van der Waals surface area contributed by atoms with E-state index in [1.807, 2.05) is 42.5 Å². The molecule has 1 aromatic heterocycles. The summed E-state index contributed by atoms with van der Waals surface area (Å²) in [7, 11) is 0. The SMILES string of the molecule is C=CCNCc1nnc2n1-c1ccc(Cl)cc1C(c1ccccc1)=NC2. The van der Waals surface area contributed by atoms with Crippen molar-refractivity contribution in [2.24, 2.45) is 4.99 Å². The molecule has 0 unspecified atom stereocenters. The smallest absolute Gasteiger partial charge is 0.159 e. The van der Waals surface area contributed by atoms with Crippen LogP contribution in [0.3, 0.4) is 0 Å². The van der Waals surface area contributed by atoms with E-state index in [1.54, 1.807) is 0 Å². The summed E-state index contributed by atoms with van der Waals surface area (Å²) in [5.74, 6) is 1.66. The minimum Gasteiger partial charge on any atom is -0.306 e. The summed E-state index contributed by atoms with van der Waals surface area (Å²) in [6, 6.07) is 16.0. The van der Waals surface area contributed by atoms with E-state index >= 15 is 0 Å². The van der Waals surface area contributed by atoms with Crippen molar-refractivity contribution in [3.05, 3.63) is 89.0 Å². The van der Waals surface area contributed by atoms with Crippen molar-refractivity contribution >= 4 is 17.3 Å². The van der Waals surface area contributed by atoms with Gasteiger partial charge in [-0.2, -0.15) is 0 Å². The number of benzene rings is 2. The molecule has 6 heteroatoms. The van der Waals surface area contributed by atoms with E-state index < -0.39 is 0 Å². The molecular formula is C20H18ClN5. The summed E-state index contributed by atoms with van der Waals surface area (Å²) in [5, 5.41) is 12.7. The first kappa shape index (κ1) is 16.7. The minimum absolute atomic E-state index is 0.463. The van der Waals surface area contributed by atoms with Crippen LogP contribution < -0.4 is 5.32 Å². The van der Waals surface area contributed by atoms with Crippen molar-refractivity contribution in [3.8, 4) is 5.69 Å². The molecule has 0 saturated heterocycles. The van der Waals surface area contributed by atoms with Crippen LogP contribution in [-0.4, -0.2) is 27.0 Å². The average molecular weight is 364 g/mol. The fraction of sp³-hybridized carbons (Fsp3) is 0.150. The van der Waals surface area contributed by atoms with Gasteiger partial charge in [0.2, 0.25) is 0 Å². The second kappa shape index (κ2) is 7.23. The maximum atomic E-state index is 6.31. The molecule has 4 rings (SSSR count). The van der Waals surface area contributed by atoms with Crippen molar-refractivity contribution in [1.82, 2.24) is 20.1 Å². The second-order valence-corrected chi connectivity index (χ2v) is 6.42. The zero-order valence-corrected chi connectivity index (χ0v) is 14.9. The Labute approximate surface area is 157 Å². The Balaban J connectivity index is 1.85. The lowest BCUT2D eigenvalue weighted by Gasteiger charge is -2.14. The van der Waals surface area contributed by atoms with Gasteiger partial charge >= 0.3 is 0 Å². The van der Waals surface area contributed by atoms with E-state index in [0.717, 1.165) is 34.2 Å². The van der Waals surface area contributed by atoms with Crippen LogP contribution in [0.1, 0.15) is 22.8 Å². The molecule has 0 saturated carbocycles. The van der Waals surface area contributed by atoms with Gasteiger partial charge < -0.3 is 5.32 Å². The quantitative estimate of drug-likeness (QED) is 0.557. The van der Waals surface area contributed by atoms with Gasteiger partial charge in [0.05, 0.1) is 17.9 Å². The molecular weight excluding hydrogens is 346 g/mol. The van der Waals surface area contributed by atoms with Crippen LogP contribution in [0.5, 0.6) is 0 Å². The Morgan fingerprint density at radius 2 is 2.00 bits per heavy atom. The molecule has 5 nitrogen and oxygen atoms in total. The molecule has 1 N–H and O–H groups in total. The zero-order valence-electron chi connectivity index (χ0n) is 14.2. The Bertz CT molecular complexity index is 975. The second-order valence-electron chi connectivity index (χ2n) is 5.98. The van der Waals surface area contributed by atoms with Gasteiger partial charge in [-0.1, -0.05) is 48.0 Å². The fourth-order valence-electron chi connectivity index (χ4n) is 3.11. The van der Waals surface area contributed by atoms with Crippen LogP contribution in [0.25, 0.3) is 5.69 Å². The van der Waals surface area contributed by atoms with Crippen LogP contribution in [0.4, 0.5) is 0 Å². The largest absolute Gasteiger partial charge is 0.306 e. The molecule has 0 bridgehead atoms. The summed E-state index contributed by atoms with van der Waals surface area (Å²) in [4.78, 5) is 4.83. The summed E-state index contributed by atoms with van der Waals surface area (Å²) < 4.78 is 2.07. The molecule has 2 aromatic carbocycles. The van der Waals surface area contributed by atoms with Crippen molar-refractivity contribution < 1.29 is 0 Å². The lowest BCUT2D eigenvalue weighted by Crippen LogP contribution is -2.17. The number of fused-ring (bicyclic) bond motifs is 3. The average Bonchev–Trinajstić information content (AvgIpc) is 2.98. The third kappa shape index (κ3) is 3.07. The number of aliphatic imine (C=N–C) groups is 1. The molecule has 0 atom stereocenters. The van der Waals surface area contributed by atoms with Crippen LogP contribution in [0.2, 0.25) is 5.02 Å². The van der Waals surface area contributed by atoms with Gasteiger partial charge in [-0.3, -0.25) is 9.56 Å². The van der Waals surface area contributed by atoms with E-state index in [-0.39, 0.29) is 0 Å². The zero-order chi connectivity index (χ0) is 17.9. The fourth-order valence-corrected chi connectivity index (χ4v) is 3.28. The number of nitrogens with zero attached hydrogens (tertiary/aromatic N) is 4. The van der Waals surface area contributed by atoms with Gasteiger partial charge in [-0.05, 0) is 18.2 Å². The van der Waals surface area contributed by atoms with Gasteiger partial charge in [-0.15, -0.1) is 16.8 Å². The Morgan fingerprint density at radius 1 is 1.15 bits per heavy atom. The summed E-state index contributed by atoms with van der Waals surface area (Å²) in [6.45, 7) is 5.50. The van der Waals surface area contributed by atoms with Crippen LogP contribution in [0.15, 0.2) is 66.2 Å². The van der Waals surface area contributed by atoms with Crippen LogP contribution in [-0.2, 0) is 13.1 Å². The molecule has 0 radical (unpaired) electrons. The molecule has 3 aromatic rings. The topological polar surface area (TPSA) is 55.1 Å². The molecule has 2 heterocycles. The van der Waals surface area contributed by atoms with Crippen molar-refractivity contribution in [2.45, 2.75) is 13.1 Å². The van der Waals surface area contributed by atoms with Crippen molar-refractivity contribution in [2.75, 3.05) is 6.54 Å². The summed E-state index contributed by atoms with van der Waals surface area (Å²) >= 11 is 6.31. The molecule has 1 aliphatic rings. The van der Waals surface area contributed by atoms with Crippen molar-refractivity contribution in [1.29, 1.82) is 0 Å². The number of halogens is 1. The highest BCUT2D eigenvalue weighted by Crippen LogP contribution is 2.28. The predicted octanol–water partition coefficient (Wildman–Crippen LogP) is 3.55. The Hall–Kier alpha value is -2.76. The van der Waals surface area contributed by atoms with Crippen molar-refractivity contribution in [3.63, 3.8) is 0 Å². The monoisotopic (exact) mass is 363 g/mol. The van der Waals surface area contributed by atoms with E-state index in [1.165, 1.54) is 0 Å². The number of nitrogens with one attached hydrogen (secondary N) is 1. The molecule has 0 amide bonds. The Morgan fingerprint density at radius 3 is 2.81 bits per heavy atom. The van der Waals surface area contributed by atoms with E-state index in [4.69, 9.17) is 16.6 Å². The lowest BCUT2D eigenvalue weighted by molar-refractivity contribution is 0.696. The molecule has 0 spiro atoms. The van der Waals surface area contributed by atoms with Gasteiger partial charge in [-0.25, -0.2) is 0 Å². The number of rotatable bonds is 5. The number of hydrogen-bond donors (Lipinski definition) is 1. The van der Waals surface area contributed by atoms with E-state index in [0.29, 0.717) is 24.7 Å². The highest BCUT2D eigenvalue weighted by molar-refractivity contribution is 6.31. The first-order valence-electron chi connectivity index (χ1n) is 8.43. The lowest BCUT2D eigenvalue weighted by atomic mass is 10.0. The van der Waals surface area contributed by atoms with Gasteiger partial charge in [0.25, 0.3) is 0 Å². The number of aromatic nitrogens is 3. The standard InChI is InChI=1S/C20H18ClN5/c1-2-10-22-12-18-24-25-19-13-23-20(14-6-4-3-5-7-14)16-11-15(21)8-9-17(16)26(18)19/h2-9,11,22H,1,10,12-13H2. The van der Waals surface area contributed by atoms with Gasteiger partial charge in [0.1, 0.15) is 6.54 Å². The minimum atomic E-state index is 0.463. The molecule has 0 aliphatic carbocycles. The Kier molecular flexibility index (Phi) is 4.65. The highest BCUT2D eigenvalue weighted by Gasteiger charge is 2.22. The third-order valence-electron chi connectivity index (χ3n) is 4.25. The first-order chi connectivity index (χ1) is 12.8. The normalized spacial score (nSPS) is 12.7. The predicted molar refractivity (Wildman–Crippen MR) is 104 cm³/mol. The van der Waals surface area contributed by atoms with E-state index in [2.05, 4.69) is 38.8 Å². The maximum absolute atomic E-state index is 6.31. The molecule has 0 fully saturated rings. The highest BCUT2D eigenvalue weighted by atomic mass is 35.5. The molecule has 1 aliphatic heterocycles. The first-order valence-corrected chi connectivity index (χ1v) is 8.80. The number of hydrogen-bond acceptors (Lipinski definition) is 4. The van der Waals surface area contributed by atoms with E-state index in [9.17, 15) is 0 Å². The van der Waals surface area contributed by atoms with Gasteiger partial charge in [0.15, 0.2) is 11.6 Å². The van der Waals surface area contributed by atoms with Crippen LogP contribution >= 0.6 is 11.6 Å². The van der Waals surface area contributed by atoms with Crippen LogP contribution in [0, 0.1) is 0 Å². The maximum Gasteiger partial charge on any atom is 0.159 e. The summed E-state index contributed by atoms with van der Waals surface area (Å²) in [5.41, 5.74) is 3.94. The summed E-state index contributed by atoms with van der Waals surface area (Å²) in [6.07, 6.45) is 1.82. The van der Waals surface area contributed by atoms with Gasteiger partial charge in [0, 0.05) is 22.7 Å². The third-order valence-corrected chi connectivity index (χ3v) is 4.48. The molecule has 26 heavy (non-hydrogen) atoms.